The topological polar surface area (TPSA) is 102 Å². The Morgan fingerprint density at radius 2 is 2.10 bits per heavy atom. The molecule has 0 aliphatic heterocycles. The predicted octanol–water partition coefficient (Wildman–Crippen LogP) is 0.585. The predicted molar refractivity (Wildman–Crippen MR) is 79.0 cm³/mol. The van der Waals surface area contributed by atoms with Gasteiger partial charge in [-0.3, -0.25) is 0 Å². The zero-order chi connectivity index (χ0) is 15.2. The lowest BCUT2D eigenvalue weighted by atomic mass is 9.96. The van der Waals surface area contributed by atoms with Gasteiger partial charge >= 0.3 is 0 Å². The minimum absolute atomic E-state index is 0.0400. The number of benzene rings is 1. The molecule has 0 heterocycles. The molecule has 4 N–H and O–H groups in total. The van der Waals surface area contributed by atoms with Crippen molar-refractivity contribution in [3.05, 3.63) is 24.3 Å². The molecule has 0 aliphatic rings. The second-order valence-corrected chi connectivity index (χ2v) is 7.31. The summed E-state index contributed by atoms with van der Waals surface area (Å²) in [5.74, 6) is 0.388. The maximum Gasteiger partial charge on any atom is 0.214 e. The molecule has 0 amide bonds. The molecule has 114 valence electrons. The van der Waals surface area contributed by atoms with Crippen molar-refractivity contribution < 1.29 is 18.3 Å². The SMILES string of the molecule is CC(C)(CO)CNS(=O)(=O)CCOc1cccc(N)c1. The number of hydrogen-bond donors (Lipinski definition) is 3. The molecule has 0 aromatic heterocycles. The molecular weight excluding hydrogens is 280 g/mol. The van der Waals surface area contributed by atoms with Gasteiger partial charge < -0.3 is 15.6 Å². The van der Waals surface area contributed by atoms with Crippen LogP contribution in [0, 0.1) is 5.41 Å². The Balaban J connectivity index is 2.40. The van der Waals surface area contributed by atoms with Crippen LogP contribution in [0.1, 0.15) is 13.8 Å². The first kappa shape index (κ1) is 16.7. The zero-order valence-corrected chi connectivity index (χ0v) is 12.6. The van der Waals surface area contributed by atoms with Crippen molar-refractivity contribution in [1.82, 2.24) is 4.72 Å². The lowest BCUT2D eigenvalue weighted by Gasteiger charge is -2.21. The van der Waals surface area contributed by atoms with E-state index in [-0.39, 0.29) is 25.5 Å². The van der Waals surface area contributed by atoms with E-state index < -0.39 is 15.4 Å². The van der Waals surface area contributed by atoms with E-state index in [9.17, 15) is 8.42 Å². The van der Waals surface area contributed by atoms with Gasteiger partial charge in [0, 0.05) is 30.3 Å². The molecule has 0 fully saturated rings. The van der Waals surface area contributed by atoms with Crippen LogP contribution in [0.2, 0.25) is 0 Å². The molecule has 0 radical (unpaired) electrons. The van der Waals surface area contributed by atoms with Crippen LogP contribution in [0.3, 0.4) is 0 Å². The fraction of sp³-hybridized carbons (Fsp3) is 0.538. The fourth-order valence-corrected chi connectivity index (χ4v) is 2.36. The summed E-state index contributed by atoms with van der Waals surface area (Å²) in [6, 6.07) is 6.81. The molecule has 0 aliphatic carbocycles. The summed E-state index contributed by atoms with van der Waals surface area (Å²) in [7, 11) is -3.42. The summed E-state index contributed by atoms with van der Waals surface area (Å²) in [5, 5.41) is 9.07. The van der Waals surface area contributed by atoms with Gasteiger partial charge in [-0.25, -0.2) is 13.1 Å². The number of aliphatic hydroxyl groups is 1. The molecular formula is C13H22N2O4S. The first-order chi connectivity index (χ1) is 9.24. The number of ether oxygens (including phenoxy) is 1. The second-order valence-electron chi connectivity index (χ2n) is 5.38. The van der Waals surface area contributed by atoms with Crippen LogP contribution in [-0.4, -0.2) is 39.0 Å². The highest BCUT2D eigenvalue weighted by atomic mass is 32.2. The molecule has 1 aromatic carbocycles. The smallest absolute Gasteiger partial charge is 0.214 e. The molecule has 0 saturated heterocycles. The average molecular weight is 302 g/mol. The van der Waals surface area contributed by atoms with Crippen LogP contribution in [0.15, 0.2) is 24.3 Å². The van der Waals surface area contributed by atoms with Gasteiger partial charge in [0.2, 0.25) is 10.0 Å². The van der Waals surface area contributed by atoms with Gasteiger partial charge in [0.25, 0.3) is 0 Å². The molecule has 1 aromatic rings. The van der Waals surface area contributed by atoms with Crippen LogP contribution >= 0.6 is 0 Å². The second kappa shape index (κ2) is 6.92. The summed E-state index contributed by atoms with van der Waals surface area (Å²) in [6.45, 7) is 3.69. The summed E-state index contributed by atoms with van der Waals surface area (Å²) in [4.78, 5) is 0. The molecule has 20 heavy (non-hydrogen) atoms. The lowest BCUT2D eigenvalue weighted by molar-refractivity contribution is 0.163. The molecule has 0 spiro atoms. The number of hydrogen-bond acceptors (Lipinski definition) is 5. The summed E-state index contributed by atoms with van der Waals surface area (Å²) >= 11 is 0. The van der Waals surface area contributed by atoms with Crippen molar-refractivity contribution in [3.8, 4) is 5.75 Å². The van der Waals surface area contributed by atoms with Gasteiger partial charge in [-0.15, -0.1) is 0 Å². The largest absolute Gasteiger partial charge is 0.492 e. The number of nitrogen functional groups attached to an aromatic ring is 1. The van der Waals surface area contributed by atoms with Gasteiger partial charge in [-0.05, 0) is 12.1 Å². The third-order valence-corrected chi connectivity index (χ3v) is 3.97. The maximum atomic E-state index is 11.8. The van der Waals surface area contributed by atoms with E-state index in [2.05, 4.69) is 4.72 Å². The first-order valence-electron chi connectivity index (χ1n) is 6.31. The highest BCUT2D eigenvalue weighted by Crippen LogP contribution is 2.14. The quantitative estimate of drug-likeness (QED) is 0.610. The van der Waals surface area contributed by atoms with E-state index in [1.165, 1.54) is 0 Å². The standard InChI is InChI=1S/C13H22N2O4S/c1-13(2,10-16)9-15-20(17,18)7-6-19-12-5-3-4-11(14)8-12/h3-5,8,15-16H,6-7,9-10,14H2,1-2H3. The molecule has 0 unspecified atom stereocenters. The third kappa shape index (κ3) is 6.23. The number of rotatable bonds is 8. The lowest BCUT2D eigenvalue weighted by Crippen LogP contribution is -2.38. The Morgan fingerprint density at radius 3 is 2.70 bits per heavy atom. The molecule has 1 rings (SSSR count). The summed E-state index contributed by atoms with van der Waals surface area (Å²) in [6.07, 6.45) is 0. The van der Waals surface area contributed by atoms with E-state index in [4.69, 9.17) is 15.6 Å². The maximum absolute atomic E-state index is 11.8. The minimum Gasteiger partial charge on any atom is -0.492 e. The highest BCUT2D eigenvalue weighted by Gasteiger charge is 2.20. The van der Waals surface area contributed by atoms with Crippen molar-refractivity contribution >= 4 is 15.7 Å². The van der Waals surface area contributed by atoms with Crippen molar-refractivity contribution in [2.24, 2.45) is 5.41 Å². The van der Waals surface area contributed by atoms with Gasteiger partial charge in [-0.1, -0.05) is 19.9 Å². The average Bonchev–Trinajstić information content (AvgIpc) is 2.37. The number of nitrogens with two attached hydrogens (primary N) is 1. The van der Waals surface area contributed by atoms with E-state index in [0.717, 1.165) is 0 Å². The Bertz CT molecular complexity index is 529. The summed E-state index contributed by atoms with van der Waals surface area (Å²) in [5.41, 5.74) is 5.67. The Kier molecular flexibility index (Phi) is 5.79. The van der Waals surface area contributed by atoms with Crippen molar-refractivity contribution in [2.45, 2.75) is 13.8 Å². The normalized spacial score (nSPS) is 12.3. The fourth-order valence-electron chi connectivity index (χ4n) is 1.31. The Hall–Kier alpha value is -1.31. The number of sulfonamides is 1. The van der Waals surface area contributed by atoms with E-state index in [1.807, 2.05) is 0 Å². The van der Waals surface area contributed by atoms with Crippen molar-refractivity contribution in [1.29, 1.82) is 0 Å². The number of anilines is 1. The Morgan fingerprint density at radius 1 is 1.40 bits per heavy atom. The monoisotopic (exact) mass is 302 g/mol. The van der Waals surface area contributed by atoms with Crippen LogP contribution in [0.25, 0.3) is 0 Å². The van der Waals surface area contributed by atoms with Crippen LogP contribution in [0.4, 0.5) is 5.69 Å². The molecule has 0 atom stereocenters. The van der Waals surface area contributed by atoms with Gasteiger partial charge in [-0.2, -0.15) is 0 Å². The van der Waals surface area contributed by atoms with Gasteiger partial charge in [0.15, 0.2) is 0 Å². The van der Waals surface area contributed by atoms with Crippen LogP contribution < -0.4 is 15.2 Å². The third-order valence-electron chi connectivity index (χ3n) is 2.68. The van der Waals surface area contributed by atoms with Gasteiger partial charge in [0.1, 0.15) is 12.4 Å². The molecule has 0 saturated carbocycles. The zero-order valence-electron chi connectivity index (χ0n) is 11.8. The Labute approximate surface area is 120 Å². The van der Waals surface area contributed by atoms with E-state index in [0.29, 0.717) is 11.4 Å². The van der Waals surface area contributed by atoms with E-state index in [1.54, 1.807) is 38.1 Å². The van der Waals surface area contributed by atoms with Crippen LogP contribution in [-0.2, 0) is 10.0 Å². The number of aliphatic hydroxyl groups excluding tert-OH is 1. The first-order valence-corrected chi connectivity index (χ1v) is 7.96. The molecule has 6 nitrogen and oxygen atoms in total. The van der Waals surface area contributed by atoms with Crippen molar-refractivity contribution in [2.75, 3.05) is 31.2 Å². The summed E-state index contributed by atoms with van der Waals surface area (Å²) < 4.78 is 31.3. The molecule has 7 heteroatoms. The van der Waals surface area contributed by atoms with Gasteiger partial charge in [0.05, 0.1) is 5.75 Å². The molecule has 0 bridgehead atoms. The van der Waals surface area contributed by atoms with Crippen molar-refractivity contribution in [3.63, 3.8) is 0 Å². The number of nitrogens with one attached hydrogen (secondary N) is 1. The highest BCUT2D eigenvalue weighted by molar-refractivity contribution is 7.89. The minimum atomic E-state index is -3.42. The van der Waals surface area contributed by atoms with Crippen LogP contribution in [0.5, 0.6) is 5.75 Å². The van der Waals surface area contributed by atoms with E-state index >= 15 is 0 Å².